The number of hydrogen-bond acceptors (Lipinski definition) is 5. The van der Waals surface area contributed by atoms with Gasteiger partial charge in [-0.05, 0) is 63.6 Å². The van der Waals surface area contributed by atoms with Crippen LogP contribution in [0.15, 0.2) is 6.07 Å². The smallest absolute Gasteiger partial charge is 0.146 e. The highest BCUT2D eigenvalue weighted by atomic mass is 16.3. The zero-order valence-corrected chi connectivity index (χ0v) is 15.2. The van der Waals surface area contributed by atoms with Crippen LogP contribution >= 0.6 is 0 Å². The Morgan fingerprint density at radius 1 is 1.24 bits per heavy atom. The summed E-state index contributed by atoms with van der Waals surface area (Å²) in [6, 6.07) is 4.45. The number of aliphatic hydroxyl groups excluding tert-OH is 1. The zero-order chi connectivity index (χ0) is 17.4. The average Bonchev–Trinajstić information content (AvgIpc) is 2.64. The molecule has 0 saturated carbocycles. The molecule has 1 aromatic rings. The van der Waals surface area contributed by atoms with Crippen LogP contribution in [0.5, 0.6) is 0 Å². The van der Waals surface area contributed by atoms with Crippen molar-refractivity contribution in [3.05, 3.63) is 22.9 Å². The first-order valence-corrected chi connectivity index (χ1v) is 9.66. The van der Waals surface area contributed by atoms with E-state index in [-0.39, 0.29) is 11.5 Å². The van der Waals surface area contributed by atoms with Crippen molar-refractivity contribution < 1.29 is 5.11 Å². The first kappa shape index (κ1) is 16.8. The lowest BCUT2D eigenvalue weighted by atomic mass is 9.71. The second-order valence-electron chi connectivity index (χ2n) is 8.21. The molecule has 1 aliphatic carbocycles. The Hall–Kier alpha value is -1.64. The van der Waals surface area contributed by atoms with Crippen LogP contribution in [0.4, 0.5) is 5.82 Å². The van der Waals surface area contributed by atoms with Crippen LogP contribution in [0.2, 0.25) is 0 Å². The maximum atomic E-state index is 10.7. The number of rotatable bonds is 1. The van der Waals surface area contributed by atoms with Crippen molar-refractivity contribution in [3.63, 3.8) is 0 Å². The topological polar surface area (TPSA) is 63.4 Å². The van der Waals surface area contributed by atoms with E-state index in [9.17, 15) is 10.4 Å². The third-order valence-corrected chi connectivity index (χ3v) is 6.39. The van der Waals surface area contributed by atoms with Gasteiger partial charge in [-0.15, -0.1) is 0 Å². The summed E-state index contributed by atoms with van der Waals surface area (Å²) in [5, 5.41) is 20.4. The van der Waals surface area contributed by atoms with E-state index in [0.717, 1.165) is 64.1 Å². The number of aromatic nitrogens is 1. The molecule has 2 atom stereocenters. The molecular weight excluding hydrogens is 312 g/mol. The van der Waals surface area contributed by atoms with Crippen LogP contribution in [-0.4, -0.2) is 54.3 Å². The highest BCUT2D eigenvalue weighted by Gasteiger charge is 2.45. The number of nitriles is 1. The van der Waals surface area contributed by atoms with Gasteiger partial charge in [0.05, 0.1) is 11.7 Å². The van der Waals surface area contributed by atoms with Crippen molar-refractivity contribution in [1.29, 1.82) is 5.26 Å². The maximum Gasteiger partial charge on any atom is 0.146 e. The van der Waals surface area contributed by atoms with Crippen LogP contribution in [0.1, 0.15) is 48.9 Å². The summed E-state index contributed by atoms with van der Waals surface area (Å²) >= 11 is 0. The van der Waals surface area contributed by atoms with Crippen molar-refractivity contribution >= 4 is 5.82 Å². The Labute approximate surface area is 150 Å². The molecule has 5 nitrogen and oxygen atoms in total. The predicted molar refractivity (Wildman–Crippen MR) is 97.6 cm³/mol. The summed E-state index contributed by atoms with van der Waals surface area (Å²) in [5.41, 5.74) is 3.06. The number of fused-ring (bicyclic) bond motifs is 1. The van der Waals surface area contributed by atoms with Gasteiger partial charge in [-0.25, -0.2) is 4.98 Å². The minimum Gasteiger partial charge on any atom is -0.392 e. The molecule has 0 radical (unpaired) electrons. The molecule has 1 aromatic heterocycles. The minimum absolute atomic E-state index is 0.0877. The van der Waals surface area contributed by atoms with Gasteiger partial charge in [-0.3, -0.25) is 0 Å². The lowest BCUT2D eigenvalue weighted by Gasteiger charge is -2.50. The lowest BCUT2D eigenvalue weighted by Crippen LogP contribution is -2.58. The normalized spacial score (nSPS) is 30.1. The number of aryl methyl sites for hydroxylation is 2. The number of pyridine rings is 1. The summed E-state index contributed by atoms with van der Waals surface area (Å²) < 4.78 is 0. The minimum atomic E-state index is -0.255. The fourth-order valence-electron chi connectivity index (χ4n) is 5.06. The van der Waals surface area contributed by atoms with Gasteiger partial charge in [0.2, 0.25) is 0 Å². The van der Waals surface area contributed by atoms with Gasteiger partial charge in [0.25, 0.3) is 0 Å². The first-order chi connectivity index (χ1) is 12.1. The molecule has 0 bridgehead atoms. The van der Waals surface area contributed by atoms with E-state index >= 15 is 0 Å². The van der Waals surface area contributed by atoms with Crippen molar-refractivity contribution in [1.82, 2.24) is 9.88 Å². The largest absolute Gasteiger partial charge is 0.392 e. The average molecular weight is 340 g/mol. The van der Waals surface area contributed by atoms with Crippen LogP contribution in [0, 0.1) is 16.7 Å². The van der Waals surface area contributed by atoms with Crippen LogP contribution in [0.25, 0.3) is 0 Å². The highest BCUT2D eigenvalue weighted by molar-refractivity contribution is 5.57. The molecular formula is C20H28N4O. The van der Waals surface area contributed by atoms with Crippen molar-refractivity contribution in [3.8, 4) is 6.07 Å². The van der Waals surface area contributed by atoms with Gasteiger partial charge in [-0.1, -0.05) is 0 Å². The first-order valence-electron chi connectivity index (χ1n) is 9.66. The second-order valence-corrected chi connectivity index (χ2v) is 8.21. The number of nitrogens with zero attached hydrogens (tertiary/aromatic N) is 4. The third-order valence-electron chi connectivity index (χ3n) is 6.39. The molecule has 1 N–H and O–H groups in total. The van der Waals surface area contributed by atoms with Crippen molar-refractivity contribution in [2.24, 2.45) is 5.41 Å². The predicted octanol–water partition coefficient (Wildman–Crippen LogP) is 2.12. The van der Waals surface area contributed by atoms with Crippen LogP contribution in [0.3, 0.4) is 0 Å². The Kier molecular flexibility index (Phi) is 4.43. The van der Waals surface area contributed by atoms with E-state index in [1.54, 1.807) is 0 Å². The standard InChI is InChI=1S/C20H28N4O/c1-23-10-7-18(25)20(13-23)8-4-9-24(14-20)19-16(12-21)11-15-5-2-3-6-17(15)22-19/h11,18,25H,2-10,13-14H2,1H3/t18-,20-/m0/s1. The summed E-state index contributed by atoms with van der Waals surface area (Å²) in [5.74, 6) is 0.850. The molecule has 25 heavy (non-hydrogen) atoms. The second kappa shape index (κ2) is 6.59. The molecule has 3 heterocycles. The molecule has 2 saturated heterocycles. The summed E-state index contributed by atoms with van der Waals surface area (Å²) in [7, 11) is 2.14. The summed E-state index contributed by atoms with van der Waals surface area (Å²) in [4.78, 5) is 9.55. The maximum absolute atomic E-state index is 10.7. The zero-order valence-electron chi connectivity index (χ0n) is 15.2. The molecule has 4 rings (SSSR count). The summed E-state index contributed by atoms with van der Waals surface area (Å²) in [6.45, 7) is 3.62. The van der Waals surface area contributed by atoms with Gasteiger partial charge in [0, 0.05) is 37.3 Å². The molecule has 0 amide bonds. The van der Waals surface area contributed by atoms with Crippen LogP contribution < -0.4 is 4.90 Å². The number of aliphatic hydroxyl groups is 1. The number of piperidine rings is 2. The summed E-state index contributed by atoms with van der Waals surface area (Å²) in [6.07, 6.45) is 7.16. The van der Waals surface area contributed by atoms with Crippen LogP contribution in [-0.2, 0) is 12.8 Å². The number of likely N-dealkylation sites (tertiary alicyclic amines) is 1. The third kappa shape index (κ3) is 3.02. The van der Waals surface area contributed by atoms with E-state index in [1.807, 2.05) is 0 Å². The SMILES string of the molecule is CN1CC[C@H](O)[C@@]2(CCCN(c3nc4c(cc3C#N)CCCC4)C2)C1. The molecule has 2 aliphatic heterocycles. The van der Waals surface area contributed by atoms with Gasteiger partial charge >= 0.3 is 0 Å². The molecule has 0 aromatic carbocycles. The fourth-order valence-corrected chi connectivity index (χ4v) is 5.06. The van der Waals surface area contributed by atoms with E-state index in [4.69, 9.17) is 4.98 Å². The monoisotopic (exact) mass is 340 g/mol. The molecule has 3 aliphatic rings. The fraction of sp³-hybridized carbons (Fsp3) is 0.700. The van der Waals surface area contributed by atoms with E-state index in [2.05, 4.69) is 29.0 Å². The molecule has 0 unspecified atom stereocenters. The van der Waals surface area contributed by atoms with Gasteiger partial charge in [-0.2, -0.15) is 5.26 Å². The van der Waals surface area contributed by atoms with E-state index in [1.165, 1.54) is 24.1 Å². The molecule has 2 fully saturated rings. The quantitative estimate of drug-likeness (QED) is 0.848. The number of hydrogen-bond donors (Lipinski definition) is 1. The Bertz CT molecular complexity index is 698. The molecule has 5 heteroatoms. The highest BCUT2D eigenvalue weighted by Crippen LogP contribution is 2.40. The van der Waals surface area contributed by atoms with Gasteiger partial charge in [0.1, 0.15) is 11.9 Å². The van der Waals surface area contributed by atoms with Gasteiger partial charge in [0.15, 0.2) is 0 Å². The number of anilines is 1. The Morgan fingerprint density at radius 3 is 2.92 bits per heavy atom. The lowest BCUT2D eigenvalue weighted by molar-refractivity contribution is -0.0466. The van der Waals surface area contributed by atoms with E-state index in [0.29, 0.717) is 5.56 Å². The Balaban J connectivity index is 1.66. The molecule has 134 valence electrons. The van der Waals surface area contributed by atoms with E-state index < -0.39 is 0 Å². The van der Waals surface area contributed by atoms with Crippen molar-refractivity contribution in [2.45, 2.75) is 51.0 Å². The van der Waals surface area contributed by atoms with Gasteiger partial charge < -0.3 is 14.9 Å². The van der Waals surface area contributed by atoms with Crippen molar-refractivity contribution in [2.75, 3.05) is 38.1 Å². The molecule has 1 spiro atoms. The Morgan fingerprint density at radius 2 is 2.08 bits per heavy atom.